The highest BCUT2D eigenvalue weighted by atomic mass is 31.2. The average molecular weight is 1510 g/mol. The predicted molar refractivity (Wildman–Crippen MR) is 420 cm³/mol. The fraction of sp³-hybridized carbons (Fsp3) is 0.488. The van der Waals surface area contributed by atoms with Gasteiger partial charge >= 0.3 is 5.69 Å². The van der Waals surface area contributed by atoms with E-state index in [1.54, 1.807) is 86.8 Å². The fourth-order valence-electron chi connectivity index (χ4n) is 14.7. The molecule has 109 heavy (non-hydrogen) atoms. The van der Waals surface area contributed by atoms with Gasteiger partial charge in [0.2, 0.25) is 5.91 Å². The van der Waals surface area contributed by atoms with Gasteiger partial charge in [-0.15, -0.1) is 0 Å². The van der Waals surface area contributed by atoms with Crippen molar-refractivity contribution in [1.82, 2.24) is 38.6 Å². The Labute approximate surface area is 642 Å². The number of imidazole rings is 1. The molecule has 2 aliphatic rings. The fourth-order valence-corrected chi connectivity index (χ4v) is 16.5. The van der Waals surface area contributed by atoms with Crippen LogP contribution in [0.25, 0.3) is 11.2 Å². The second kappa shape index (κ2) is 41.8. The summed E-state index contributed by atoms with van der Waals surface area (Å²) in [7, 11) is 4.39. The third-order valence-corrected chi connectivity index (χ3v) is 22.4. The normalized spacial score (nSPS) is 18.8. The van der Waals surface area contributed by atoms with Crippen molar-refractivity contribution >= 4 is 49.0 Å². The van der Waals surface area contributed by atoms with Crippen LogP contribution in [-0.2, 0) is 43.1 Å². The lowest BCUT2D eigenvalue weighted by Gasteiger charge is -2.38. The second-order valence-corrected chi connectivity index (χ2v) is 29.7. The molecular formula is C84H108N11O13P. The third-order valence-electron chi connectivity index (χ3n) is 20.3. The van der Waals surface area contributed by atoms with E-state index in [0.717, 1.165) is 42.4 Å². The zero-order valence-electron chi connectivity index (χ0n) is 64.5. The molecule has 3 amide bonds. The molecule has 8 aromatic rings. The van der Waals surface area contributed by atoms with Gasteiger partial charge in [0, 0.05) is 69.1 Å². The molecular weight excluding hydrogens is 1400 g/mol. The lowest BCUT2D eigenvalue weighted by Crippen LogP contribution is -2.46. The molecule has 5 heterocycles. The topological polar surface area (TPSA) is 267 Å². The van der Waals surface area contributed by atoms with Crippen LogP contribution >= 0.6 is 8.53 Å². The molecule has 10 rings (SSSR count). The maximum atomic E-state index is 16.5. The quantitative estimate of drug-likeness (QED) is 0.0204. The van der Waals surface area contributed by atoms with Gasteiger partial charge < -0.3 is 57.7 Å². The van der Waals surface area contributed by atoms with Crippen LogP contribution in [0.4, 0.5) is 11.6 Å². The van der Waals surface area contributed by atoms with Gasteiger partial charge in [0.15, 0.2) is 29.4 Å². The zero-order chi connectivity index (χ0) is 77.1. The van der Waals surface area contributed by atoms with Crippen molar-refractivity contribution in [2.24, 2.45) is 5.92 Å². The number of aromatic nitrogens is 6. The molecule has 2 saturated heterocycles. The van der Waals surface area contributed by atoms with Gasteiger partial charge in [-0.3, -0.25) is 23.5 Å². The number of carbonyl (C=O) groups is 3. The number of nitriles is 1. The van der Waals surface area contributed by atoms with Crippen molar-refractivity contribution < 1.29 is 56.6 Å². The van der Waals surface area contributed by atoms with Crippen LogP contribution < -0.4 is 25.8 Å². The van der Waals surface area contributed by atoms with E-state index < -0.39 is 74.6 Å². The van der Waals surface area contributed by atoms with E-state index in [9.17, 15) is 19.6 Å². The van der Waals surface area contributed by atoms with E-state index in [0.29, 0.717) is 46.8 Å². The summed E-state index contributed by atoms with van der Waals surface area (Å²) in [6.07, 6.45) is 14.9. The first-order valence-corrected chi connectivity index (χ1v) is 39.6. The number of benzene rings is 5. The monoisotopic (exact) mass is 1510 g/mol. The van der Waals surface area contributed by atoms with E-state index >= 15 is 4.79 Å². The summed E-state index contributed by atoms with van der Waals surface area (Å²) in [6, 6.07) is 46.4. The summed E-state index contributed by atoms with van der Waals surface area (Å²) in [6.45, 7) is 10.7. The van der Waals surface area contributed by atoms with Crippen molar-refractivity contribution in [1.29, 1.82) is 5.26 Å². The van der Waals surface area contributed by atoms with Crippen LogP contribution in [0.5, 0.6) is 11.5 Å². The van der Waals surface area contributed by atoms with Gasteiger partial charge in [-0.2, -0.15) is 10.2 Å². The van der Waals surface area contributed by atoms with Crippen molar-refractivity contribution in [2.75, 3.05) is 65.4 Å². The lowest BCUT2D eigenvalue weighted by atomic mass is 9.79. The Bertz CT molecular complexity index is 4150. The summed E-state index contributed by atoms with van der Waals surface area (Å²) in [5.74, 6) is -0.343. The molecule has 1 unspecified atom stereocenters. The number of amides is 3. The molecule has 0 bridgehead atoms. The molecule has 2 N–H and O–H groups in total. The molecule has 9 atom stereocenters. The van der Waals surface area contributed by atoms with Crippen molar-refractivity contribution in [3.05, 3.63) is 203 Å². The van der Waals surface area contributed by atoms with Crippen LogP contribution in [0.15, 0.2) is 169 Å². The van der Waals surface area contributed by atoms with Crippen LogP contribution in [0.1, 0.15) is 194 Å². The summed E-state index contributed by atoms with van der Waals surface area (Å²) in [5.41, 5.74) is 1.75. The molecule has 5 aromatic carbocycles. The van der Waals surface area contributed by atoms with Gasteiger partial charge in [-0.25, -0.2) is 24.4 Å². The Hall–Kier alpha value is -8.86. The second-order valence-electron chi connectivity index (χ2n) is 28.3. The molecule has 24 nitrogen and oxygen atoms in total. The summed E-state index contributed by atoms with van der Waals surface area (Å²) >= 11 is 0. The van der Waals surface area contributed by atoms with Gasteiger partial charge in [0.05, 0.1) is 52.4 Å². The van der Waals surface area contributed by atoms with E-state index in [2.05, 4.69) is 38.3 Å². The van der Waals surface area contributed by atoms with Crippen molar-refractivity contribution in [3.63, 3.8) is 0 Å². The van der Waals surface area contributed by atoms with E-state index in [4.69, 9.17) is 52.2 Å². The largest absolute Gasteiger partial charge is 0.497 e. The summed E-state index contributed by atoms with van der Waals surface area (Å²) < 4.78 is 65.7. The van der Waals surface area contributed by atoms with Gasteiger partial charge in [-0.05, 0) is 105 Å². The van der Waals surface area contributed by atoms with Crippen LogP contribution in [0.2, 0.25) is 0 Å². The van der Waals surface area contributed by atoms with Crippen molar-refractivity contribution in [2.45, 2.75) is 204 Å². The Balaban J connectivity index is 1.03. The minimum atomic E-state index is -1.96. The number of hydrogen-bond acceptors (Lipinski definition) is 19. The lowest BCUT2D eigenvalue weighted by molar-refractivity contribution is -0.137. The minimum absolute atomic E-state index is 0.0283. The number of nitrogens with one attached hydrogen (secondary N) is 2. The number of anilines is 2. The maximum Gasteiger partial charge on any atom is 0.351 e. The molecule has 0 radical (unpaired) electrons. The SMILES string of the molecule is CCCCCCCCCCCCCCCCCN(C[C@H]1O[C@@H](n2ccc(NC(=O)c3ccccc3)nc2=O)[C@H](OC)[C@@H]1OP(OCCC#N)N(C(C)C)C(C)C)C(=O)C[C@H]1[C@@H](OC)[C@H](n2cnc3c(NC(=O)c4ccccc4)ncnc32)O[C@@H]1COC(c1ccccc1)(c1ccc(OC)cc1)c1ccc(OC)cc1. The Morgan fingerprint density at radius 2 is 1.14 bits per heavy atom. The molecule has 582 valence electrons. The molecule has 2 fully saturated rings. The first kappa shape index (κ1) is 82.6. The molecule has 3 aromatic heterocycles. The highest BCUT2D eigenvalue weighted by Gasteiger charge is 2.53. The van der Waals surface area contributed by atoms with Crippen molar-refractivity contribution in [3.8, 4) is 17.6 Å². The molecule has 0 spiro atoms. The average Bonchev–Trinajstić information content (AvgIpc) is 1.29. The minimum Gasteiger partial charge on any atom is -0.497 e. The first-order valence-electron chi connectivity index (χ1n) is 38.5. The number of unbranched alkanes of at least 4 members (excludes halogenated alkanes) is 14. The van der Waals surface area contributed by atoms with E-state index in [-0.39, 0.29) is 68.1 Å². The Morgan fingerprint density at radius 3 is 1.67 bits per heavy atom. The number of ether oxygens (including phenoxy) is 7. The summed E-state index contributed by atoms with van der Waals surface area (Å²) in [4.78, 5) is 78.3. The first-order chi connectivity index (χ1) is 53.1. The third kappa shape index (κ3) is 21.4. The number of rotatable bonds is 44. The van der Waals surface area contributed by atoms with Crippen LogP contribution in [0, 0.1) is 17.2 Å². The summed E-state index contributed by atoms with van der Waals surface area (Å²) in [5, 5.41) is 15.5. The Morgan fingerprint density at radius 1 is 0.615 bits per heavy atom. The number of hydrogen-bond donors (Lipinski definition) is 2. The molecule has 0 saturated carbocycles. The van der Waals surface area contributed by atoms with Gasteiger partial charge in [0.1, 0.15) is 53.7 Å². The van der Waals surface area contributed by atoms with E-state index in [1.165, 1.54) is 94.5 Å². The smallest absolute Gasteiger partial charge is 0.351 e. The number of methoxy groups -OCH3 is 4. The predicted octanol–water partition coefficient (Wildman–Crippen LogP) is 15.8. The number of nitrogens with zero attached hydrogens (tertiary/aromatic N) is 9. The van der Waals surface area contributed by atoms with Crippen LogP contribution in [-0.4, -0.2) is 154 Å². The molecule has 25 heteroatoms. The molecule has 2 aliphatic heterocycles. The number of carbonyl (C=O) groups excluding carboxylic acids is 3. The highest BCUT2D eigenvalue weighted by molar-refractivity contribution is 7.44. The number of fused-ring (bicyclic) bond motifs is 1. The van der Waals surface area contributed by atoms with E-state index in [1.807, 2.05) is 118 Å². The molecule has 0 aliphatic carbocycles. The highest BCUT2D eigenvalue weighted by Crippen LogP contribution is 2.51. The Kier molecular flexibility index (Phi) is 31.7. The standard InChI is InChI=1S/C84H108N11O13P/c1-10-11-12-13-14-15-16-17-18-19-20-21-22-23-33-51-92(55-69-75(108-109(105-53-34-50-85)95(59(2)3)60(4)5)76(103-9)82(106-69)93-52-49-71(90-83(93)99)89-79(97)61-35-27-24-28-36-61)72(96)54-68-70(107-81(74(68)102-8)94-58-88-73-77(86-57-87-78(73)94)91-80(98)62-37-29-25-30-38-62)56-104-84(63-39-31-26-32-40-63,64-41-45-66(100-6)46-42-64)65-43-47-67(101-7)48-44-65/h24-32,35-49,52,57-60,68-70,74-76,81-82H,10-23,33-34,51,53-56H2,1-9H3,(H,86,87,91,98)(H,89,90,97,99)/t68-,69-,70-,74-,75-,76-,81-,82-,109?/m1/s1. The van der Waals surface area contributed by atoms with Crippen LogP contribution in [0.3, 0.4) is 0 Å². The van der Waals surface area contributed by atoms with Gasteiger partial charge in [-0.1, -0.05) is 188 Å². The van der Waals surface area contributed by atoms with Gasteiger partial charge in [0.25, 0.3) is 20.3 Å². The maximum absolute atomic E-state index is 16.5. The zero-order valence-corrected chi connectivity index (χ0v) is 65.4.